The van der Waals surface area contributed by atoms with E-state index in [4.69, 9.17) is 11.5 Å². The molecule has 0 saturated carbocycles. The van der Waals surface area contributed by atoms with Gasteiger partial charge in [0.25, 0.3) is 5.91 Å². The van der Waals surface area contributed by atoms with Crippen LogP contribution in [-0.2, 0) is 17.1 Å². The van der Waals surface area contributed by atoms with Crippen LogP contribution in [0.5, 0.6) is 0 Å². The fraction of sp³-hybridized carbons (Fsp3) is 0.500. The van der Waals surface area contributed by atoms with E-state index in [2.05, 4.69) is 0 Å². The van der Waals surface area contributed by atoms with Crippen LogP contribution in [0.4, 0.5) is 0 Å². The first-order valence-electron chi connectivity index (χ1n) is 5.54. The number of nitrogens with two attached hydrogens (primary N) is 2. The third-order valence-corrected chi connectivity index (χ3v) is 4.89. The van der Waals surface area contributed by atoms with Crippen LogP contribution in [0.15, 0.2) is 17.2 Å². The Morgan fingerprint density at radius 2 is 2.17 bits per heavy atom. The van der Waals surface area contributed by atoms with E-state index in [1.165, 1.54) is 21.1 Å². The molecule has 0 aliphatic carbocycles. The lowest BCUT2D eigenvalue weighted by Crippen LogP contribution is -2.31. The van der Waals surface area contributed by atoms with E-state index in [1.54, 1.807) is 7.05 Å². The number of nitrogens with zero attached hydrogens (tertiary/aromatic N) is 2. The van der Waals surface area contributed by atoms with Gasteiger partial charge in [0.05, 0.1) is 0 Å². The Hall–Kier alpha value is -1.38. The third kappa shape index (κ3) is 2.14. The number of aryl methyl sites for hydroxylation is 1. The van der Waals surface area contributed by atoms with Gasteiger partial charge in [0.1, 0.15) is 10.6 Å². The number of amides is 1. The second-order valence-corrected chi connectivity index (χ2v) is 6.39. The second-order valence-electron chi connectivity index (χ2n) is 4.45. The van der Waals surface area contributed by atoms with Crippen molar-refractivity contribution in [3.05, 3.63) is 18.0 Å². The normalized spacial score (nSPS) is 21.3. The first-order valence-corrected chi connectivity index (χ1v) is 6.98. The highest BCUT2D eigenvalue weighted by Gasteiger charge is 2.32. The van der Waals surface area contributed by atoms with Crippen LogP contribution in [0.3, 0.4) is 0 Å². The Kier molecular flexibility index (Phi) is 3.18. The average molecular weight is 272 g/mol. The van der Waals surface area contributed by atoms with Gasteiger partial charge in [-0.1, -0.05) is 0 Å². The maximum atomic E-state index is 12.3. The predicted octanol–water partition coefficient (Wildman–Crippen LogP) is -1.15. The van der Waals surface area contributed by atoms with Crippen molar-refractivity contribution in [2.75, 3.05) is 13.1 Å². The Labute approximate surface area is 105 Å². The summed E-state index contributed by atoms with van der Waals surface area (Å²) in [6, 6.07) is 1.17. The summed E-state index contributed by atoms with van der Waals surface area (Å²) in [5, 5.41) is 0. The summed E-state index contributed by atoms with van der Waals surface area (Å²) >= 11 is 0. The number of carbonyl (C=O) groups excluding carboxylic acids is 1. The molecule has 0 bridgehead atoms. The Bertz CT molecular complexity index is 578. The number of carbonyl (C=O) groups is 1. The van der Waals surface area contributed by atoms with Crippen molar-refractivity contribution in [3.63, 3.8) is 0 Å². The molecule has 18 heavy (non-hydrogen) atoms. The van der Waals surface area contributed by atoms with Crippen LogP contribution in [-0.4, -0.2) is 42.3 Å². The highest BCUT2D eigenvalue weighted by atomic mass is 32.2. The SMILES string of the molecule is Cn1cc(S(=O)(=O)N2CC[C@@H](N)C2)cc1C(N)=O. The van der Waals surface area contributed by atoms with Crippen LogP contribution >= 0.6 is 0 Å². The van der Waals surface area contributed by atoms with Crippen molar-refractivity contribution >= 4 is 15.9 Å². The summed E-state index contributed by atoms with van der Waals surface area (Å²) < 4.78 is 27.3. The number of hydrogen-bond acceptors (Lipinski definition) is 4. The van der Waals surface area contributed by atoms with E-state index in [0.717, 1.165) is 0 Å². The largest absolute Gasteiger partial charge is 0.364 e. The smallest absolute Gasteiger partial charge is 0.265 e. The van der Waals surface area contributed by atoms with Gasteiger partial charge in [0, 0.05) is 32.4 Å². The molecule has 1 amide bonds. The minimum atomic E-state index is -3.58. The molecule has 1 aliphatic heterocycles. The molecule has 1 aromatic rings. The second kappa shape index (κ2) is 4.38. The van der Waals surface area contributed by atoms with Crippen molar-refractivity contribution in [2.24, 2.45) is 18.5 Å². The summed E-state index contributed by atoms with van der Waals surface area (Å²) in [4.78, 5) is 11.2. The molecule has 0 spiro atoms. The number of aromatic nitrogens is 1. The van der Waals surface area contributed by atoms with Gasteiger partial charge in [0.2, 0.25) is 10.0 Å². The first-order chi connectivity index (χ1) is 8.32. The van der Waals surface area contributed by atoms with Crippen LogP contribution < -0.4 is 11.5 Å². The van der Waals surface area contributed by atoms with Gasteiger partial charge < -0.3 is 16.0 Å². The molecule has 2 heterocycles. The third-order valence-electron chi connectivity index (χ3n) is 3.06. The van der Waals surface area contributed by atoms with Crippen molar-refractivity contribution in [1.29, 1.82) is 0 Å². The molecule has 0 radical (unpaired) electrons. The van der Waals surface area contributed by atoms with E-state index >= 15 is 0 Å². The van der Waals surface area contributed by atoms with E-state index in [1.807, 2.05) is 0 Å². The van der Waals surface area contributed by atoms with Crippen molar-refractivity contribution in [2.45, 2.75) is 17.4 Å². The number of primary amides is 1. The Balaban J connectivity index is 2.36. The molecule has 100 valence electrons. The first kappa shape index (κ1) is 13.1. The van der Waals surface area contributed by atoms with E-state index in [0.29, 0.717) is 19.5 Å². The minimum absolute atomic E-state index is 0.0768. The summed E-state index contributed by atoms with van der Waals surface area (Å²) in [5.41, 5.74) is 11.0. The Morgan fingerprint density at radius 3 is 2.61 bits per heavy atom. The molecular weight excluding hydrogens is 256 g/mol. The predicted molar refractivity (Wildman–Crippen MR) is 65.3 cm³/mol. The fourth-order valence-electron chi connectivity index (χ4n) is 2.04. The molecule has 1 atom stereocenters. The lowest BCUT2D eigenvalue weighted by Gasteiger charge is -2.14. The number of sulfonamides is 1. The zero-order chi connectivity index (χ0) is 13.5. The van der Waals surface area contributed by atoms with Crippen LogP contribution in [0, 0.1) is 0 Å². The van der Waals surface area contributed by atoms with Crippen LogP contribution in [0.25, 0.3) is 0 Å². The van der Waals surface area contributed by atoms with E-state index in [-0.39, 0.29) is 16.6 Å². The highest BCUT2D eigenvalue weighted by molar-refractivity contribution is 7.89. The zero-order valence-electron chi connectivity index (χ0n) is 10.0. The van der Waals surface area contributed by atoms with Crippen molar-refractivity contribution in [1.82, 2.24) is 8.87 Å². The lowest BCUT2D eigenvalue weighted by molar-refractivity contribution is 0.0992. The molecule has 1 fully saturated rings. The van der Waals surface area contributed by atoms with Crippen LogP contribution in [0.1, 0.15) is 16.9 Å². The topological polar surface area (TPSA) is 111 Å². The Morgan fingerprint density at radius 1 is 1.50 bits per heavy atom. The molecule has 1 aromatic heterocycles. The van der Waals surface area contributed by atoms with Crippen molar-refractivity contribution in [3.8, 4) is 0 Å². The van der Waals surface area contributed by atoms with Gasteiger partial charge in [-0.3, -0.25) is 4.79 Å². The van der Waals surface area contributed by atoms with E-state index in [9.17, 15) is 13.2 Å². The van der Waals surface area contributed by atoms with E-state index < -0.39 is 15.9 Å². The molecular formula is C10H16N4O3S. The minimum Gasteiger partial charge on any atom is -0.364 e. The standard InChI is InChI=1S/C10H16N4O3S/c1-13-6-8(4-9(13)10(12)15)18(16,17)14-3-2-7(11)5-14/h4,6-7H,2-3,5,11H2,1H3,(H2,12,15)/t7-/m1/s1. The number of hydrogen-bond donors (Lipinski definition) is 2. The van der Waals surface area contributed by atoms with Crippen molar-refractivity contribution < 1.29 is 13.2 Å². The molecule has 7 nitrogen and oxygen atoms in total. The van der Waals surface area contributed by atoms with Gasteiger partial charge in [-0.15, -0.1) is 0 Å². The molecule has 8 heteroatoms. The average Bonchev–Trinajstić information content (AvgIpc) is 2.84. The number of rotatable bonds is 3. The highest BCUT2D eigenvalue weighted by Crippen LogP contribution is 2.22. The molecule has 0 unspecified atom stereocenters. The van der Waals surface area contributed by atoms with Gasteiger partial charge in [-0.05, 0) is 12.5 Å². The molecule has 4 N–H and O–H groups in total. The maximum absolute atomic E-state index is 12.3. The molecule has 0 aromatic carbocycles. The van der Waals surface area contributed by atoms with Crippen LogP contribution in [0.2, 0.25) is 0 Å². The van der Waals surface area contributed by atoms with Gasteiger partial charge in [-0.25, -0.2) is 8.42 Å². The monoisotopic (exact) mass is 272 g/mol. The van der Waals surface area contributed by atoms with Gasteiger partial charge in [-0.2, -0.15) is 4.31 Å². The van der Waals surface area contributed by atoms with Gasteiger partial charge in [0.15, 0.2) is 0 Å². The summed E-state index contributed by atoms with van der Waals surface area (Å²) in [7, 11) is -2.00. The molecule has 2 rings (SSSR count). The maximum Gasteiger partial charge on any atom is 0.265 e. The zero-order valence-corrected chi connectivity index (χ0v) is 10.9. The summed E-state index contributed by atoms with van der Waals surface area (Å²) in [6.07, 6.45) is 2.04. The summed E-state index contributed by atoms with van der Waals surface area (Å²) in [5.74, 6) is -0.655. The fourth-order valence-corrected chi connectivity index (χ4v) is 3.63. The molecule has 1 saturated heterocycles. The van der Waals surface area contributed by atoms with Gasteiger partial charge >= 0.3 is 0 Å². The quantitative estimate of drug-likeness (QED) is 0.723. The molecule has 1 aliphatic rings. The lowest BCUT2D eigenvalue weighted by atomic mass is 10.3. The summed E-state index contributed by atoms with van der Waals surface area (Å²) in [6.45, 7) is 0.716.